The van der Waals surface area contributed by atoms with Gasteiger partial charge in [0.05, 0.1) is 12.0 Å². The average Bonchev–Trinajstić information content (AvgIpc) is 2.69. The minimum absolute atomic E-state index is 0.186. The highest BCUT2D eigenvalue weighted by Gasteiger charge is 2.34. The van der Waals surface area contributed by atoms with E-state index in [2.05, 4.69) is 5.32 Å². The number of hydrogen-bond donors (Lipinski definition) is 2. The standard InChI is InChI=1S/C21H17F4N3O3/c1-11(19(26)30)28-8-7-14-15(20(28)31)3-2-4-17(14)27-18(29)9-12-5-6-13(22)10-16(12)21(23,24)25/h2-8,10-11H,9H2,1H3,(H2,26,30)(H,27,29)/t11-/m1/s1. The number of nitrogens with one attached hydrogen (secondary N) is 1. The van der Waals surface area contributed by atoms with Gasteiger partial charge < -0.3 is 15.6 Å². The van der Waals surface area contributed by atoms with Crippen molar-refractivity contribution in [2.24, 2.45) is 5.73 Å². The first-order valence-electron chi connectivity index (χ1n) is 9.07. The zero-order valence-electron chi connectivity index (χ0n) is 16.2. The van der Waals surface area contributed by atoms with Crippen LogP contribution < -0.4 is 16.6 Å². The Hall–Kier alpha value is -3.69. The number of amides is 2. The van der Waals surface area contributed by atoms with Crippen LogP contribution in [0.2, 0.25) is 0 Å². The Morgan fingerprint density at radius 2 is 1.84 bits per heavy atom. The normalized spacial score (nSPS) is 12.5. The Bertz CT molecular complexity index is 1230. The minimum atomic E-state index is -4.82. The van der Waals surface area contributed by atoms with Gasteiger partial charge >= 0.3 is 6.18 Å². The molecule has 2 amide bonds. The van der Waals surface area contributed by atoms with Gasteiger partial charge in [-0.05, 0) is 42.8 Å². The van der Waals surface area contributed by atoms with Gasteiger partial charge in [-0.1, -0.05) is 12.1 Å². The molecule has 6 nitrogen and oxygen atoms in total. The lowest BCUT2D eigenvalue weighted by Gasteiger charge is -2.15. The highest BCUT2D eigenvalue weighted by molar-refractivity contribution is 6.02. The molecule has 162 valence electrons. The van der Waals surface area contributed by atoms with Crippen LogP contribution in [0.25, 0.3) is 10.8 Å². The van der Waals surface area contributed by atoms with Crippen molar-refractivity contribution < 1.29 is 27.2 Å². The maximum absolute atomic E-state index is 13.3. The third kappa shape index (κ3) is 4.57. The number of rotatable bonds is 5. The molecule has 1 heterocycles. The maximum atomic E-state index is 13.3. The summed E-state index contributed by atoms with van der Waals surface area (Å²) < 4.78 is 53.8. The smallest absolute Gasteiger partial charge is 0.368 e. The largest absolute Gasteiger partial charge is 0.416 e. The summed E-state index contributed by atoms with van der Waals surface area (Å²) in [4.78, 5) is 36.5. The van der Waals surface area contributed by atoms with Crippen molar-refractivity contribution in [3.63, 3.8) is 0 Å². The number of anilines is 1. The second-order valence-electron chi connectivity index (χ2n) is 6.90. The number of halogens is 4. The zero-order chi connectivity index (χ0) is 22.9. The predicted molar refractivity (Wildman–Crippen MR) is 106 cm³/mol. The van der Waals surface area contributed by atoms with Crippen LogP contribution in [0.4, 0.5) is 23.2 Å². The van der Waals surface area contributed by atoms with E-state index in [4.69, 9.17) is 5.73 Å². The van der Waals surface area contributed by atoms with E-state index in [0.717, 1.165) is 16.7 Å². The third-order valence-corrected chi connectivity index (χ3v) is 4.80. The maximum Gasteiger partial charge on any atom is 0.416 e. The Labute approximate surface area is 173 Å². The molecule has 0 radical (unpaired) electrons. The summed E-state index contributed by atoms with van der Waals surface area (Å²) in [5.41, 5.74) is 3.31. The van der Waals surface area contributed by atoms with Crippen LogP contribution in [0.15, 0.2) is 53.5 Å². The Balaban J connectivity index is 1.93. The van der Waals surface area contributed by atoms with Crippen molar-refractivity contribution in [3.05, 3.63) is 76.0 Å². The summed E-state index contributed by atoms with van der Waals surface area (Å²) in [6.07, 6.45) is -4.13. The van der Waals surface area contributed by atoms with Crippen LogP contribution in [0.3, 0.4) is 0 Å². The van der Waals surface area contributed by atoms with Crippen molar-refractivity contribution >= 4 is 28.3 Å². The Morgan fingerprint density at radius 1 is 1.13 bits per heavy atom. The van der Waals surface area contributed by atoms with Crippen LogP contribution in [0.5, 0.6) is 0 Å². The van der Waals surface area contributed by atoms with E-state index in [0.29, 0.717) is 11.5 Å². The molecule has 3 N–H and O–H groups in total. The Kier molecular flexibility index (Phi) is 5.83. The number of carbonyl (C=O) groups excluding carboxylic acids is 2. The molecule has 0 aliphatic heterocycles. The first kappa shape index (κ1) is 22.0. The van der Waals surface area contributed by atoms with Crippen molar-refractivity contribution in [2.45, 2.75) is 25.6 Å². The molecule has 1 atom stereocenters. The number of primary amides is 1. The van der Waals surface area contributed by atoms with Crippen molar-refractivity contribution in [2.75, 3.05) is 5.32 Å². The van der Waals surface area contributed by atoms with Crippen molar-refractivity contribution in [1.29, 1.82) is 0 Å². The quantitative estimate of drug-likeness (QED) is 0.602. The van der Waals surface area contributed by atoms with Gasteiger partial charge in [-0.3, -0.25) is 14.4 Å². The number of aromatic nitrogens is 1. The molecule has 0 saturated carbocycles. The number of nitrogens with zero attached hydrogens (tertiary/aromatic N) is 1. The minimum Gasteiger partial charge on any atom is -0.368 e. The van der Waals surface area contributed by atoms with Crippen LogP contribution in [0, 0.1) is 5.82 Å². The fourth-order valence-corrected chi connectivity index (χ4v) is 3.18. The number of fused-ring (bicyclic) bond motifs is 1. The summed E-state index contributed by atoms with van der Waals surface area (Å²) in [5.74, 6) is -2.54. The van der Waals surface area contributed by atoms with Gasteiger partial charge in [0.25, 0.3) is 5.56 Å². The SMILES string of the molecule is C[C@H](C(N)=O)n1ccc2c(NC(=O)Cc3ccc(F)cc3C(F)(F)F)cccc2c1=O. The molecule has 3 rings (SSSR count). The lowest BCUT2D eigenvalue weighted by Crippen LogP contribution is -2.31. The highest BCUT2D eigenvalue weighted by atomic mass is 19.4. The van der Waals surface area contributed by atoms with Crippen molar-refractivity contribution in [1.82, 2.24) is 4.57 Å². The lowest BCUT2D eigenvalue weighted by atomic mass is 10.0. The number of nitrogens with two attached hydrogens (primary N) is 1. The zero-order valence-corrected chi connectivity index (χ0v) is 16.2. The average molecular weight is 435 g/mol. The van der Waals surface area contributed by atoms with Crippen molar-refractivity contribution in [3.8, 4) is 0 Å². The number of benzene rings is 2. The topological polar surface area (TPSA) is 94.2 Å². The van der Waals surface area contributed by atoms with E-state index in [1.54, 1.807) is 0 Å². The van der Waals surface area contributed by atoms with Gasteiger partial charge in [0.2, 0.25) is 11.8 Å². The molecular weight excluding hydrogens is 418 g/mol. The summed E-state index contributed by atoms with van der Waals surface area (Å²) in [5, 5.41) is 3.01. The van der Waals surface area contributed by atoms with Crippen LogP contribution >= 0.6 is 0 Å². The first-order chi connectivity index (χ1) is 14.5. The number of carbonyl (C=O) groups is 2. The van der Waals surface area contributed by atoms with Gasteiger partial charge in [-0.25, -0.2) is 4.39 Å². The molecule has 0 unspecified atom stereocenters. The fourth-order valence-electron chi connectivity index (χ4n) is 3.18. The summed E-state index contributed by atoms with van der Waals surface area (Å²) in [6.45, 7) is 1.46. The van der Waals surface area contributed by atoms with E-state index in [1.165, 1.54) is 37.4 Å². The van der Waals surface area contributed by atoms with Gasteiger partial charge in [0.1, 0.15) is 11.9 Å². The van der Waals surface area contributed by atoms with Crippen LogP contribution in [-0.4, -0.2) is 16.4 Å². The van der Waals surface area contributed by atoms with E-state index in [-0.39, 0.29) is 16.6 Å². The molecule has 0 aliphatic rings. The molecule has 0 spiro atoms. The van der Waals surface area contributed by atoms with Gasteiger partial charge in [-0.15, -0.1) is 0 Å². The second-order valence-corrected chi connectivity index (χ2v) is 6.90. The fraction of sp³-hybridized carbons (Fsp3) is 0.190. The van der Waals surface area contributed by atoms with Gasteiger partial charge in [0.15, 0.2) is 0 Å². The summed E-state index contributed by atoms with van der Waals surface area (Å²) in [6, 6.07) is 7.14. The number of pyridine rings is 1. The molecular formula is C21H17F4N3O3. The molecule has 31 heavy (non-hydrogen) atoms. The van der Waals surface area contributed by atoms with E-state index in [9.17, 15) is 31.9 Å². The van der Waals surface area contributed by atoms with Gasteiger partial charge in [0, 0.05) is 22.7 Å². The molecule has 0 aliphatic carbocycles. The molecule has 3 aromatic rings. The molecule has 0 saturated heterocycles. The predicted octanol–water partition coefficient (Wildman–Crippen LogP) is 3.39. The third-order valence-electron chi connectivity index (χ3n) is 4.80. The number of alkyl halides is 3. The summed E-state index contributed by atoms with van der Waals surface area (Å²) >= 11 is 0. The highest BCUT2D eigenvalue weighted by Crippen LogP contribution is 2.33. The van der Waals surface area contributed by atoms with E-state index >= 15 is 0 Å². The molecule has 10 heteroatoms. The van der Waals surface area contributed by atoms with E-state index < -0.39 is 47.4 Å². The first-order valence-corrected chi connectivity index (χ1v) is 9.07. The van der Waals surface area contributed by atoms with Crippen LogP contribution in [0.1, 0.15) is 24.1 Å². The molecule has 1 aromatic heterocycles. The lowest BCUT2D eigenvalue weighted by molar-refractivity contribution is -0.138. The molecule has 0 bridgehead atoms. The number of hydrogen-bond acceptors (Lipinski definition) is 3. The van der Waals surface area contributed by atoms with Gasteiger partial charge in [-0.2, -0.15) is 13.2 Å². The van der Waals surface area contributed by atoms with E-state index in [1.807, 2.05) is 0 Å². The molecule has 0 fully saturated rings. The Morgan fingerprint density at radius 3 is 2.48 bits per heavy atom. The second kappa shape index (κ2) is 8.21. The molecule has 2 aromatic carbocycles. The van der Waals surface area contributed by atoms with Crippen LogP contribution in [-0.2, 0) is 22.2 Å². The summed E-state index contributed by atoms with van der Waals surface area (Å²) in [7, 11) is 0. The monoisotopic (exact) mass is 435 g/mol.